The predicted molar refractivity (Wildman–Crippen MR) is 88.7 cm³/mol. The van der Waals surface area contributed by atoms with Crippen LogP contribution in [0.2, 0.25) is 0 Å². The van der Waals surface area contributed by atoms with Gasteiger partial charge in [0.2, 0.25) is 5.88 Å². The lowest BCUT2D eigenvalue weighted by Gasteiger charge is -2.20. The maximum atomic E-state index is 12.1. The van der Waals surface area contributed by atoms with Gasteiger partial charge in [-0.2, -0.15) is 0 Å². The van der Waals surface area contributed by atoms with Crippen LogP contribution in [0.3, 0.4) is 0 Å². The molecular formula is C16H21NO5S. The number of anilines is 1. The number of aliphatic hydroxyl groups is 1. The summed E-state index contributed by atoms with van der Waals surface area (Å²) in [5.41, 5.74) is 0. The fourth-order valence-corrected chi connectivity index (χ4v) is 3.34. The second-order valence-corrected chi connectivity index (χ2v) is 6.42. The summed E-state index contributed by atoms with van der Waals surface area (Å²) in [5, 5.41) is 18.0. The standard InChI is InChI=1S/C16H21NO5S/c1-11(18)13-8-9-14(22-13)17-12(10-23-16(17)21)6-4-2-3-5-7-15(19)20/h2,4,8-9,11-12,18H,3,5-7,10H2,1H3,(H,19,20)/b4-2-/t11?,12-/m0/s1. The molecule has 0 saturated carbocycles. The molecule has 1 unspecified atom stereocenters. The largest absolute Gasteiger partial charge is 0.481 e. The number of unbranched alkanes of at least 4 members (excludes halogenated alkanes) is 1. The van der Waals surface area contributed by atoms with Crippen molar-refractivity contribution in [1.29, 1.82) is 0 Å². The van der Waals surface area contributed by atoms with Crippen molar-refractivity contribution in [2.75, 3.05) is 10.7 Å². The number of allylic oxidation sites excluding steroid dienone is 1. The lowest BCUT2D eigenvalue weighted by molar-refractivity contribution is -0.137. The second kappa shape index (κ2) is 8.21. The Morgan fingerprint density at radius 1 is 1.52 bits per heavy atom. The van der Waals surface area contributed by atoms with Crippen LogP contribution in [0, 0.1) is 0 Å². The number of thioether (sulfide) groups is 1. The molecule has 7 heteroatoms. The number of rotatable bonds is 8. The summed E-state index contributed by atoms with van der Waals surface area (Å²) in [4.78, 5) is 24.1. The van der Waals surface area contributed by atoms with Gasteiger partial charge in [-0.15, -0.1) is 0 Å². The number of carbonyl (C=O) groups is 2. The maximum Gasteiger partial charge on any atom is 0.303 e. The quantitative estimate of drug-likeness (QED) is 0.556. The number of aliphatic carboxylic acids is 1. The van der Waals surface area contributed by atoms with Crippen LogP contribution in [0.25, 0.3) is 0 Å². The van der Waals surface area contributed by atoms with Gasteiger partial charge in [0, 0.05) is 18.2 Å². The molecule has 2 N–H and O–H groups in total. The topological polar surface area (TPSA) is 91.0 Å². The van der Waals surface area contributed by atoms with Crippen molar-refractivity contribution in [3.63, 3.8) is 0 Å². The van der Waals surface area contributed by atoms with E-state index in [2.05, 4.69) is 0 Å². The van der Waals surface area contributed by atoms with E-state index in [1.165, 1.54) is 11.8 Å². The normalized spacial score (nSPS) is 19.7. The van der Waals surface area contributed by atoms with E-state index >= 15 is 0 Å². The van der Waals surface area contributed by atoms with E-state index in [-0.39, 0.29) is 17.7 Å². The number of hydrogen-bond donors (Lipinski definition) is 2. The first-order chi connectivity index (χ1) is 11.0. The number of nitrogens with zero attached hydrogens (tertiary/aromatic N) is 1. The van der Waals surface area contributed by atoms with Crippen LogP contribution in [-0.4, -0.2) is 33.2 Å². The summed E-state index contributed by atoms with van der Waals surface area (Å²) in [6, 6.07) is 3.39. The molecule has 1 amide bonds. The van der Waals surface area contributed by atoms with Gasteiger partial charge in [0.15, 0.2) is 0 Å². The minimum absolute atomic E-state index is 0.0104. The van der Waals surface area contributed by atoms with E-state index in [0.29, 0.717) is 36.7 Å². The van der Waals surface area contributed by atoms with Crippen LogP contribution >= 0.6 is 11.8 Å². The zero-order chi connectivity index (χ0) is 16.8. The van der Waals surface area contributed by atoms with Gasteiger partial charge in [-0.05, 0) is 32.3 Å². The van der Waals surface area contributed by atoms with E-state index in [1.807, 2.05) is 12.2 Å². The van der Waals surface area contributed by atoms with Crippen LogP contribution in [0.5, 0.6) is 0 Å². The summed E-state index contributed by atoms with van der Waals surface area (Å²) >= 11 is 1.25. The number of carboxylic acids is 1. The minimum Gasteiger partial charge on any atom is -0.481 e. The van der Waals surface area contributed by atoms with Crippen LogP contribution in [0.1, 0.15) is 44.5 Å². The van der Waals surface area contributed by atoms with Crippen molar-refractivity contribution in [3.05, 3.63) is 30.0 Å². The zero-order valence-electron chi connectivity index (χ0n) is 13.0. The molecule has 1 aromatic heterocycles. The number of hydrogen-bond acceptors (Lipinski definition) is 5. The first-order valence-electron chi connectivity index (χ1n) is 7.59. The summed E-state index contributed by atoms with van der Waals surface area (Å²) in [7, 11) is 0. The molecule has 0 aromatic carbocycles. The van der Waals surface area contributed by atoms with Crippen molar-refractivity contribution in [3.8, 4) is 0 Å². The fraction of sp³-hybridized carbons (Fsp3) is 0.500. The van der Waals surface area contributed by atoms with E-state index in [0.717, 1.165) is 0 Å². The molecular weight excluding hydrogens is 318 g/mol. The Balaban J connectivity index is 1.91. The molecule has 6 nitrogen and oxygen atoms in total. The highest BCUT2D eigenvalue weighted by Gasteiger charge is 2.34. The first kappa shape index (κ1) is 17.6. The van der Waals surface area contributed by atoms with Crippen molar-refractivity contribution >= 4 is 28.9 Å². The molecule has 1 aromatic rings. The number of aliphatic hydroxyl groups excluding tert-OH is 1. The zero-order valence-corrected chi connectivity index (χ0v) is 13.8. The van der Waals surface area contributed by atoms with Crippen molar-refractivity contribution < 1.29 is 24.2 Å². The lowest BCUT2D eigenvalue weighted by atomic mass is 10.1. The highest BCUT2D eigenvalue weighted by Crippen LogP contribution is 2.34. The Morgan fingerprint density at radius 3 is 2.96 bits per heavy atom. The first-order valence-corrected chi connectivity index (χ1v) is 8.58. The van der Waals surface area contributed by atoms with Gasteiger partial charge in [0.1, 0.15) is 11.9 Å². The number of furan rings is 1. The molecule has 1 aliphatic heterocycles. The molecule has 0 spiro atoms. The van der Waals surface area contributed by atoms with Crippen LogP contribution in [0.4, 0.5) is 10.7 Å². The molecule has 0 radical (unpaired) electrons. The number of carboxylic acid groups (broad SMARTS) is 1. The molecule has 1 saturated heterocycles. The van der Waals surface area contributed by atoms with Gasteiger partial charge in [-0.1, -0.05) is 23.9 Å². The Morgan fingerprint density at radius 2 is 2.30 bits per heavy atom. The molecule has 2 atom stereocenters. The second-order valence-electron chi connectivity index (χ2n) is 5.45. The summed E-state index contributed by atoms with van der Waals surface area (Å²) in [6.45, 7) is 1.61. The summed E-state index contributed by atoms with van der Waals surface area (Å²) in [6.07, 6.45) is 5.42. The summed E-state index contributed by atoms with van der Waals surface area (Å²) < 4.78 is 5.55. The van der Waals surface area contributed by atoms with Crippen LogP contribution in [-0.2, 0) is 4.79 Å². The van der Waals surface area contributed by atoms with Crippen LogP contribution < -0.4 is 4.90 Å². The summed E-state index contributed by atoms with van der Waals surface area (Å²) in [5.74, 6) is 0.796. The van der Waals surface area contributed by atoms with Crippen molar-refractivity contribution in [2.45, 2.75) is 44.8 Å². The lowest BCUT2D eigenvalue weighted by Crippen LogP contribution is -2.32. The maximum absolute atomic E-state index is 12.1. The van der Waals surface area contributed by atoms with Gasteiger partial charge in [-0.3, -0.25) is 14.5 Å². The number of amides is 1. The third-order valence-corrected chi connectivity index (χ3v) is 4.55. The Labute approximate surface area is 139 Å². The predicted octanol–water partition coefficient (Wildman–Crippen LogP) is 3.58. The monoisotopic (exact) mass is 339 g/mol. The van der Waals surface area contributed by atoms with Crippen LogP contribution in [0.15, 0.2) is 28.7 Å². The third-order valence-electron chi connectivity index (χ3n) is 3.56. The molecule has 23 heavy (non-hydrogen) atoms. The van der Waals surface area contributed by atoms with Gasteiger partial charge in [-0.25, -0.2) is 0 Å². The average molecular weight is 339 g/mol. The van der Waals surface area contributed by atoms with Gasteiger partial charge < -0.3 is 14.6 Å². The SMILES string of the molecule is CC(O)c1ccc(N2C(=O)SC[C@@H]2C/C=C\CCCC(=O)O)o1. The smallest absolute Gasteiger partial charge is 0.303 e. The Kier molecular flexibility index (Phi) is 6.29. The van der Waals surface area contributed by atoms with Crippen molar-refractivity contribution in [1.82, 2.24) is 0 Å². The van der Waals surface area contributed by atoms with E-state index < -0.39 is 12.1 Å². The Bertz CT molecular complexity index is 581. The van der Waals surface area contributed by atoms with E-state index in [9.17, 15) is 14.7 Å². The molecule has 1 aliphatic rings. The Hall–Kier alpha value is -1.73. The highest BCUT2D eigenvalue weighted by atomic mass is 32.2. The minimum atomic E-state index is -0.783. The third kappa shape index (κ3) is 4.87. The molecule has 1 fully saturated rings. The molecule has 2 rings (SSSR count). The number of carbonyl (C=O) groups excluding carboxylic acids is 1. The van der Waals surface area contributed by atoms with Crippen molar-refractivity contribution in [2.24, 2.45) is 0 Å². The molecule has 0 aliphatic carbocycles. The van der Waals surface area contributed by atoms with Gasteiger partial charge in [0.25, 0.3) is 5.24 Å². The van der Waals surface area contributed by atoms with Gasteiger partial charge >= 0.3 is 5.97 Å². The van der Waals surface area contributed by atoms with E-state index in [4.69, 9.17) is 9.52 Å². The molecule has 0 bridgehead atoms. The molecule has 126 valence electrons. The fourth-order valence-electron chi connectivity index (χ4n) is 2.34. The average Bonchev–Trinajstić information content (AvgIpc) is 3.09. The van der Waals surface area contributed by atoms with E-state index in [1.54, 1.807) is 24.0 Å². The molecule has 2 heterocycles. The highest BCUT2D eigenvalue weighted by molar-refractivity contribution is 8.14. The van der Waals surface area contributed by atoms with Gasteiger partial charge in [0.05, 0.1) is 6.04 Å².